The zero-order chi connectivity index (χ0) is 14.0. The van der Waals surface area contributed by atoms with Crippen LogP contribution in [-0.2, 0) is 14.2 Å². The van der Waals surface area contributed by atoms with Crippen LogP contribution in [0.25, 0.3) is 0 Å². The topological polar surface area (TPSA) is 53.7 Å². The van der Waals surface area contributed by atoms with Crippen LogP contribution in [0.5, 0.6) is 0 Å². The highest BCUT2D eigenvalue weighted by Crippen LogP contribution is 2.35. The molecule has 0 heterocycles. The largest absolute Gasteiger partial charge is 0.490 e. The van der Waals surface area contributed by atoms with Gasteiger partial charge in [0.15, 0.2) is 5.76 Å². The maximum absolute atomic E-state index is 5.76. The molecule has 0 amide bonds. The summed E-state index contributed by atoms with van der Waals surface area (Å²) in [6.45, 7) is 12.5. The lowest BCUT2D eigenvalue weighted by atomic mass is 9.85. The molecular formula is C14H29NO3. The standard InChI is InChI=1S/C14H29NO3/c1-6-16-12(13(17-7-2)18-8-3)14(4,5)10-9-11-15/h6-11,15H2,1-5H3. The van der Waals surface area contributed by atoms with E-state index in [0.717, 1.165) is 18.6 Å². The Labute approximate surface area is 111 Å². The van der Waals surface area contributed by atoms with Gasteiger partial charge in [0.05, 0.1) is 19.8 Å². The van der Waals surface area contributed by atoms with E-state index in [2.05, 4.69) is 13.8 Å². The second-order valence-corrected chi connectivity index (χ2v) is 4.69. The van der Waals surface area contributed by atoms with Crippen molar-refractivity contribution in [1.29, 1.82) is 0 Å². The Hall–Kier alpha value is -0.900. The molecule has 4 heteroatoms. The van der Waals surface area contributed by atoms with Crippen molar-refractivity contribution >= 4 is 0 Å². The molecule has 0 atom stereocenters. The Morgan fingerprint density at radius 3 is 1.83 bits per heavy atom. The fourth-order valence-electron chi connectivity index (χ4n) is 1.77. The summed E-state index contributed by atoms with van der Waals surface area (Å²) >= 11 is 0. The molecule has 0 aliphatic rings. The molecule has 4 nitrogen and oxygen atoms in total. The Morgan fingerprint density at radius 1 is 0.944 bits per heavy atom. The summed E-state index contributed by atoms with van der Waals surface area (Å²) in [6.07, 6.45) is 1.90. The van der Waals surface area contributed by atoms with Crippen LogP contribution < -0.4 is 5.73 Å². The third-order valence-electron chi connectivity index (χ3n) is 2.65. The summed E-state index contributed by atoms with van der Waals surface area (Å²) < 4.78 is 16.9. The minimum Gasteiger partial charge on any atom is -0.490 e. The third-order valence-corrected chi connectivity index (χ3v) is 2.65. The minimum absolute atomic E-state index is 0.130. The molecule has 0 saturated heterocycles. The molecule has 0 bridgehead atoms. The van der Waals surface area contributed by atoms with E-state index in [9.17, 15) is 0 Å². The molecule has 0 aromatic rings. The summed E-state index contributed by atoms with van der Waals surface area (Å²) in [5.41, 5.74) is 5.45. The molecule has 108 valence electrons. The molecule has 0 radical (unpaired) electrons. The minimum atomic E-state index is -0.130. The zero-order valence-electron chi connectivity index (χ0n) is 12.5. The van der Waals surface area contributed by atoms with Crippen molar-refractivity contribution < 1.29 is 14.2 Å². The smallest absolute Gasteiger partial charge is 0.319 e. The number of hydrogen-bond acceptors (Lipinski definition) is 4. The zero-order valence-corrected chi connectivity index (χ0v) is 12.5. The molecule has 0 aliphatic heterocycles. The highest BCUT2D eigenvalue weighted by molar-refractivity contribution is 5.06. The lowest BCUT2D eigenvalue weighted by molar-refractivity contribution is 0.00524. The Kier molecular flexibility index (Phi) is 8.63. The van der Waals surface area contributed by atoms with Crippen LogP contribution >= 0.6 is 0 Å². The Bertz CT molecular complexity index is 241. The molecular weight excluding hydrogens is 230 g/mol. The summed E-state index contributed by atoms with van der Waals surface area (Å²) in [7, 11) is 0. The van der Waals surface area contributed by atoms with Crippen molar-refractivity contribution in [2.75, 3.05) is 26.4 Å². The van der Waals surface area contributed by atoms with Crippen LogP contribution in [-0.4, -0.2) is 26.4 Å². The first kappa shape index (κ1) is 17.1. The van der Waals surface area contributed by atoms with Gasteiger partial charge in [-0.2, -0.15) is 0 Å². The van der Waals surface area contributed by atoms with Gasteiger partial charge in [-0.1, -0.05) is 13.8 Å². The summed E-state index contributed by atoms with van der Waals surface area (Å²) in [6, 6.07) is 0. The number of rotatable bonds is 10. The van der Waals surface area contributed by atoms with Gasteiger partial charge in [-0.15, -0.1) is 0 Å². The quantitative estimate of drug-likeness (QED) is 0.613. The highest BCUT2D eigenvalue weighted by atomic mass is 16.7. The van der Waals surface area contributed by atoms with Gasteiger partial charge in [0.1, 0.15) is 0 Å². The van der Waals surface area contributed by atoms with Gasteiger partial charge < -0.3 is 19.9 Å². The summed E-state index contributed by atoms with van der Waals surface area (Å²) in [5.74, 6) is 1.31. The second kappa shape index (κ2) is 9.09. The van der Waals surface area contributed by atoms with E-state index in [1.807, 2.05) is 20.8 Å². The van der Waals surface area contributed by atoms with Crippen LogP contribution in [0.1, 0.15) is 47.5 Å². The van der Waals surface area contributed by atoms with Crippen molar-refractivity contribution in [3.05, 3.63) is 11.7 Å². The highest BCUT2D eigenvalue weighted by Gasteiger charge is 2.30. The van der Waals surface area contributed by atoms with Crippen LogP contribution in [0.3, 0.4) is 0 Å². The normalized spacial score (nSPS) is 11.0. The van der Waals surface area contributed by atoms with Gasteiger partial charge in [0.25, 0.3) is 0 Å². The first-order valence-corrected chi connectivity index (χ1v) is 6.86. The van der Waals surface area contributed by atoms with E-state index in [0.29, 0.717) is 32.3 Å². The monoisotopic (exact) mass is 259 g/mol. The third kappa shape index (κ3) is 5.63. The van der Waals surface area contributed by atoms with E-state index in [1.54, 1.807) is 0 Å². The van der Waals surface area contributed by atoms with Crippen molar-refractivity contribution in [3.63, 3.8) is 0 Å². The fraction of sp³-hybridized carbons (Fsp3) is 0.857. The molecule has 0 saturated carbocycles. The van der Waals surface area contributed by atoms with E-state index in [-0.39, 0.29) is 5.41 Å². The SMILES string of the molecule is CCOC(OCC)=C(OCC)C(C)(C)CCCN. The van der Waals surface area contributed by atoms with E-state index >= 15 is 0 Å². The van der Waals surface area contributed by atoms with Gasteiger partial charge in [-0.05, 0) is 40.2 Å². The Balaban J connectivity index is 5.11. The lowest BCUT2D eigenvalue weighted by Crippen LogP contribution is -2.22. The predicted molar refractivity (Wildman–Crippen MR) is 74.0 cm³/mol. The van der Waals surface area contributed by atoms with E-state index in [4.69, 9.17) is 19.9 Å². The molecule has 2 N–H and O–H groups in total. The molecule has 0 fully saturated rings. The first-order chi connectivity index (χ1) is 8.53. The predicted octanol–water partition coefficient (Wildman–Crippen LogP) is 3.03. The molecule has 0 spiro atoms. The average molecular weight is 259 g/mol. The van der Waals surface area contributed by atoms with Crippen LogP contribution in [0, 0.1) is 5.41 Å². The van der Waals surface area contributed by atoms with Crippen LogP contribution in [0.4, 0.5) is 0 Å². The van der Waals surface area contributed by atoms with Crippen LogP contribution in [0.2, 0.25) is 0 Å². The molecule has 0 unspecified atom stereocenters. The van der Waals surface area contributed by atoms with Gasteiger partial charge >= 0.3 is 5.95 Å². The van der Waals surface area contributed by atoms with Crippen molar-refractivity contribution in [2.24, 2.45) is 11.1 Å². The second-order valence-electron chi connectivity index (χ2n) is 4.69. The van der Waals surface area contributed by atoms with Gasteiger partial charge in [0.2, 0.25) is 0 Å². The molecule has 0 rings (SSSR count). The molecule has 0 aromatic heterocycles. The lowest BCUT2D eigenvalue weighted by Gasteiger charge is -2.29. The van der Waals surface area contributed by atoms with Crippen molar-refractivity contribution in [2.45, 2.75) is 47.5 Å². The maximum Gasteiger partial charge on any atom is 0.319 e. The van der Waals surface area contributed by atoms with Gasteiger partial charge in [-0.3, -0.25) is 0 Å². The van der Waals surface area contributed by atoms with Gasteiger partial charge in [0, 0.05) is 5.41 Å². The molecule has 18 heavy (non-hydrogen) atoms. The van der Waals surface area contributed by atoms with E-state index < -0.39 is 0 Å². The van der Waals surface area contributed by atoms with Crippen molar-refractivity contribution in [1.82, 2.24) is 0 Å². The summed E-state index contributed by atoms with van der Waals surface area (Å²) in [5, 5.41) is 0. The molecule has 0 aliphatic carbocycles. The number of allylic oxidation sites excluding steroid dienone is 1. The summed E-state index contributed by atoms with van der Waals surface area (Å²) in [4.78, 5) is 0. The maximum atomic E-state index is 5.76. The van der Waals surface area contributed by atoms with Crippen LogP contribution in [0.15, 0.2) is 11.7 Å². The number of nitrogens with two attached hydrogens (primary N) is 1. The van der Waals surface area contributed by atoms with Crippen molar-refractivity contribution in [3.8, 4) is 0 Å². The van der Waals surface area contributed by atoms with E-state index in [1.165, 1.54) is 0 Å². The first-order valence-electron chi connectivity index (χ1n) is 6.86. The average Bonchev–Trinajstić information content (AvgIpc) is 2.33. The number of hydrogen-bond donors (Lipinski definition) is 1. The van der Waals surface area contributed by atoms with Gasteiger partial charge in [-0.25, -0.2) is 0 Å². The fourth-order valence-corrected chi connectivity index (χ4v) is 1.77. The number of ether oxygens (including phenoxy) is 3. The Morgan fingerprint density at radius 2 is 1.44 bits per heavy atom. The molecule has 0 aromatic carbocycles.